The molecule has 2 aromatic carbocycles. The number of nitrogens with zero attached hydrogens (tertiary/aromatic N) is 1. The molecular weight excluding hydrogens is 494 g/mol. The Hall–Kier alpha value is -0.320. The summed E-state index contributed by atoms with van der Waals surface area (Å²) in [6.07, 6.45) is 7.90. The van der Waals surface area contributed by atoms with Gasteiger partial charge < -0.3 is 4.57 Å². The van der Waals surface area contributed by atoms with E-state index in [0.29, 0.717) is 0 Å². The molecule has 0 aliphatic heterocycles. The first-order valence-electron chi connectivity index (χ1n) is 8.63. The summed E-state index contributed by atoms with van der Waals surface area (Å²) in [5.41, 5.74) is 2.66. The van der Waals surface area contributed by atoms with Crippen LogP contribution in [0.4, 0.5) is 0 Å². The number of hydrogen-bond acceptors (Lipinski definition) is 0. The molecule has 0 spiro atoms. The number of aromatic nitrogens is 1. The van der Waals surface area contributed by atoms with Crippen molar-refractivity contribution in [1.29, 1.82) is 0 Å². The lowest BCUT2D eigenvalue weighted by molar-refractivity contribution is 0.572. The van der Waals surface area contributed by atoms with Crippen LogP contribution in [0.2, 0.25) is 0 Å². The molecule has 0 aliphatic carbocycles. The van der Waals surface area contributed by atoms with Crippen LogP contribution in [0.1, 0.15) is 38.5 Å². The Bertz CT molecular complexity index is 763. The third kappa shape index (κ3) is 4.25. The van der Waals surface area contributed by atoms with Gasteiger partial charge in [-0.25, -0.2) is 0 Å². The van der Waals surface area contributed by atoms with E-state index in [4.69, 9.17) is 0 Å². The largest absolute Gasteiger partial charge is 0.340 e. The Morgan fingerprint density at radius 2 is 1.17 bits per heavy atom. The molecule has 0 unspecified atom stereocenters. The average molecular weight is 516 g/mol. The monoisotopic (exact) mass is 513 g/mol. The van der Waals surface area contributed by atoms with Gasteiger partial charge in [-0.05, 0) is 37.1 Å². The summed E-state index contributed by atoms with van der Waals surface area (Å²) in [5.74, 6) is 0. The zero-order chi connectivity index (χ0) is 16.9. The maximum Gasteiger partial charge on any atom is 0.0502 e. The quantitative estimate of drug-likeness (QED) is 0.211. The van der Waals surface area contributed by atoms with Crippen molar-refractivity contribution in [2.45, 2.75) is 45.1 Å². The van der Waals surface area contributed by atoms with Crippen molar-refractivity contribution in [3.63, 3.8) is 0 Å². The number of halogens is 3. The Labute approximate surface area is 169 Å². The predicted molar refractivity (Wildman–Crippen MR) is 116 cm³/mol. The second kappa shape index (κ2) is 8.86. The van der Waals surface area contributed by atoms with Gasteiger partial charge in [0.25, 0.3) is 0 Å². The normalized spacial score (nSPS) is 11.6. The fraction of sp³-hybridized carbons (Fsp3) is 0.400. The Morgan fingerprint density at radius 1 is 0.667 bits per heavy atom. The van der Waals surface area contributed by atoms with Crippen LogP contribution in [0.5, 0.6) is 0 Å². The van der Waals surface area contributed by atoms with Gasteiger partial charge in [0, 0.05) is 31.6 Å². The highest BCUT2D eigenvalue weighted by molar-refractivity contribution is 9.10. The minimum atomic E-state index is 1.09. The first-order chi connectivity index (χ1) is 11.7. The topological polar surface area (TPSA) is 4.93 Å². The second-order valence-corrected chi connectivity index (χ2v) is 8.91. The first kappa shape index (κ1) is 18.5. The van der Waals surface area contributed by atoms with Crippen molar-refractivity contribution in [1.82, 2.24) is 4.57 Å². The number of hydrogen-bond donors (Lipinski definition) is 0. The highest BCUT2D eigenvalue weighted by atomic mass is 79.9. The van der Waals surface area contributed by atoms with Gasteiger partial charge in [-0.1, -0.05) is 85.6 Å². The lowest BCUT2D eigenvalue weighted by Crippen LogP contribution is -1.98. The third-order valence-corrected chi connectivity index (χ3v) is 6.10. The summed E-state index contributed by atoms with van der Waals surface area (Å²) >= 11 is 10.8. The average Bonchev–Trinajstić information content (AvgIpc) is 2.86. The standard InChI is InChI=1S/C20H22Br3N/c21-11-5-3-1-2-4-6-12-24-19-13-15(22)7-9-17(19)18-10-8-16(23)14-20(18)24/h7-10,13-14H,1-6,11-12H2. The molecule has 128 valence electrons. The van der Waals surface area contributed by atoms with E-state index in [0.717, 1.165) is 20.8 Å². The van der Waals surface area contributed by atoms with Gasteiger partial charge in [0.05, 0.1) is 11.0 Å². The fourth-order valence-corrected chi connectivity index (χ4v) is 4.45. The van der Waals surface area contributed by atoms with E-state index < -0.39 is 0 Å². The smallest absolute Gasteiger partial charge is 0.0502 e. The maximum absolute atomic E-state index is 3.63. The molecule has 3 rings (SSSR count). The summed E-state index contributed by atoms with van der Waals surface area (Å²) in [4.78, 5) is 0. The highest BCUT2D eigenvalue weighted by Crippen LogP contribution is 2.33. The van der Waals surface area contributed by atoms with E-state index in [1.807, 2.05) is 0 Å². The minimum Gasteiger partial charge on any atom is -0.340 e. The number of alkyl halides is 1. The van der Waals surface area contributed by atoms with Gasteiger partial charge >= 0.3 is 0 Å². The van der Waals surface area contributed by atoms with Gasteiger partial charge in [-0.3, -0.25) is 0 Å². The lowest BCUT2D eigenvalue weighted by Gasteiger charge is -2.08. The van der Waals surface area contributed by atoms with E-state index in [-0.39, 0.29) is 0 Å². The van der Waals surface area contributed by atoms with Crippen LogP contribution in [0.25, 0.3) is 21.8 Å². The molecule has 0 saturated heterocycles. The highest BCUT2D eigenvalue weighted by Gasteiger charge is 2.11. The first-order valence-corrected chi connectivity index (χ1v) is 11.3. The molecular formula is C20H22Br3N. The van der Waals surface area contributed by atoms with Crippen LogP contribution in [-0.2, 0) is 6.54 Å². The van der Waals surface area contributed by atoms with Crippen molar-refractivity contribution in [2.75, 3.05) is 5.33 Å². The summed E-state index contributed by atoms with van der Waals surface area (Å²) in [7, 11) is 0. The van der Waals surface area contributed by atoms with E-state index in [2.05, 4.69) is 88.8 Å². The van der Waals surface area contributed by atoms with E-state index in [9.17, 15) is 0 Å². The summed E-state index contributed by atoms with van der Waals surface area (Å²) < 4.78 is 4.78. The van der Waals surface area contributed by atoms with Gasteiger partial charge in [-0.15, -0.1) is 0 Å². The number of fused-ring (bicyclic) bond motifs is 3. The van der Waals surface area contributed by atoms with Gasteiger partial charge in [-0.2, -0.15) is 0 Å². The van der Waals surface area contributed by atoms with Crippen LogP contribution in [0, 0.1) is 0 Å². The molecule has 1 nitrogen and oxygen atoms in total. The molecule has 0 radical (unpaired) electrons. The molecule has 4 heteroatoms. The van der Waals surface area contributed by atoms with Crippen LogP contribution >= 0.6 is 47.8 Å². The Kier molecular flexibility index (Phi) is 6.82. The summed E-state index contributed by atoms with van der Waals surface area (Å²) in [6.45, 7) is 1.09. The molecule has 3 aromatic rings. The number of benzene rings is 2. The van der Waals surface area contributed by atoms with Crippen LogP contribution in [-0.4, -0.2) is 9.90 Å². The third-order valence-electron chi connectivity index (χ3n) is 4.56. The van der Waals surface area contributed by atoms with Gasteiger partial charge in [0.1, 0.15) is 0 Å². The number of aryl methyl sites for hydroxylation is 1. The van der Waals surface area contributed by atoms with E-state index in [1.165, 1.54) is 60.3 Å². The van der Waals surface area contributed by atoms with E-state index in [1.54, 1.807) is 0 Å². The molecule has 0 atom stereocenters. The SMILES string of the molecule is BrCCCCCCCCn1c2cc(Br)ccc2c2ccc(Br)cc21. The Morgan fingerprint density at radius 3 is 1.71 bits per heavy atom. The second-order valence-electron chi connectivity index (χ2n) is 6.28. The van der Waals surface area contributed by atoms with Crippen LogP contribution in [0.15, 0.2) is 45.3 Å². The molecule has 1 aromatic heterocycles. The molecule has 0 bridgehead atoms. The van der Waals surface area contributed by atoms with Crippen molar-refractivity contribution in [3.8, 4) is 0 Å². The number of unbranched alkanes of at least 4 members (excludes halogenated alkanes) is 5. The zero-order valence-electron chi connectivity index (χ0n) is 13.7. The zero-order valence-corrected chi connectivity index (χ0v) is 18.5. The van der Waals surface area contributed by atoms with Gasteiger partial charge in [0.2, 0.25) is 0 Å². The maximum atomic E-state index is 3.63. The van der Waals surface area contributed by atoms with E-state index >= 15 is 0 Å². The molecule has 0 amide bonds. The Balaban J connectivity index is 1.79. The van der Waals surface area contributed by atoms with Crippen molar-refractivity contribution in [2.24, 2.45) is 0 Å². The number of rotatable bonds is 8. The van der Waals surface area contributed by atoms with Crippen molar-refractivity contribution < 1.29 is 0 Å². The molecule has 24 heavy (non-hydrogen) atoms. The van der Waals surface area contributed by atoms with Crippen LogP contribution in [0.3, 0.4) is 0 Å². The van der Waals surface area contributed by atoms with Crippen molar-refractivity contribution in [3.05, 3.63) is 45.3 Å². The van der Waals surface area contributed by atoms with Crippen LogP contribution < -0.4 is 0 Å². The van der Waals surface area contributed by atoms with Gasteiger partial charge in [0.15, 0.2) is 0 Å². The fourth-order valence-electron chi connectivity index (χ4n) is 3.35. The molecule has 0 saturated carbocycles. The minimum absolute atomic E-state index is 1.09. The molecule has 0 aliphatic rings. The predicted octanol–water partition coefficient (Wildman–Crippen LogP) is 8.06. The summed E-state index contributed by atoms with van der Waals surface area (Å²) in [6, 6.07) is 13.2. The lowest BCUT2D eigenvalue weighted by atomic mass is 10.1. The van der Waals surface area contributed by atoms with Crippen molar-refractivity contribution >= 4 is 69.6 Å². The summed E-state index contributed by atoms with van der Waals surface area (Å²) in [5, 5.41) is 3.83. The molecule has 0 fully saturated rings. The molecule has 0 N–H and O–H groups in total. The molecule has 1 heterocycles.